The van der Waals surface area contributed by atoms with E-state index >= 15 is 0 Å². The summed E-state index contributed by atoms with van der Waals surface area (Å²) in [5.41, 5.74) is 4.35. The molecule has 0 radical (unpaired) electrons. The normalized spacial score (nSPS) is 11.7. The summed E-state index contributed by atoms with van der Waals surface area (Å²) < 4.78 is 12.0. The molecule has 0 saturated carbocycles. The van der Waals surface area contributed by atoms with Gasteiger partial charge < -0.3 is 19.7 Å². The third-order valence-corrected chi connectivity index (χ3v) is 6.22. The van der Waals surface area contributed by atoms with E-state index in [4.69, 9.17) is 9.47 Å². The molecule has 4 aromatic rings. The maximum Gasteiger partial charge on any atom is 0.119 e. The van der Waals surface area contributed by atoms with Gasteiger partial charge in [0.1, 0.15) is 23.0 Å². The fourth-order valence-corrected chi connectivity index (χ4v) is 4.15. The third kappa shape index (κ3) is 7.54. The molecular formula is C32H34O4. The van der Waals surface area contributed by atoms with Crippen molar-refractivity contribution in [2.75, 3.05) is 6.61 Å². The Balaban J connectivity index is 1.09. The molecule has 0 saturated heterocycles. The molecule has 0 aliphatic heterocycles. The van der Waals surface area contributed by atoms with Crippen molar-refractivity contribution in [3.63, 3.8) is 0 Å². The first-order valence-electron chi connectivity index (χ1n) is 12.7. The Labute approximate surface area is 213 Å². The quantitative estimate of drug-likeness (QED) is 0.200. The minimum Gasteiger partial charge on any atom is -0.508 e. The van der Waals surface area contributed by atoms with Crippen molar-refractivity contribution in [2.45, 2.75) is 45.1 Å². The molecule has 0 aliphatic carbocycles. The smallest absolute Gasteiger partial charge is 0.119 e. The number of benzene rings is 4. The van der Waals surface area contributed by atoms with Crippen molar-refractivity contribution in [1.82, 2.24) is 0 Å². The lowest BCUT2D eigenvalue weighted by Crippen LogP contribution is -2.11. The number of hydrogen-bond acceptors (Lipinski definition) is 4. The van der Waals surface area contributed by atoms with Crippen LogP contribution in [0.1, 0.15) is 39.0 Å². The lowest BCUT2D eigenvalue weighted by molar-refractivity contribution is 0.205. The van der Waals surface area contributed by atoms with Crippen LogP contribution in [0.4, 0.5) is 0 Å². The lowest BCUT2D eigenvalue weighted by atomic mass is 10.1. The van der Waals surface area contributed by atoms with Gasteiger partial charge in [-0.1, -0.05) is 61.4 Å². The summed E-state index contributed by atoms with van der Waals surface area (Å²) in [6.45, 7) is 2.84. The van der Waals surface area contributed by atoms with E-state index in [0.29, 0.717) is 0 Å². The molecule has 36 heavy (non-hydrogen) atoms. The molecule has 4 aromatic carbocycles. The number of phenols is 2. The summed E-state index contributed by atoms with van der Waals surface area (Å²) in [6, 6.07) is 30.6. The number of unbranched alkanes of at least 4 members (excludes halogenated alkanes) is 3. The molecule has 0 amide bonds. The number of hydrogen-bond donors (Lipinski definition) is 2. The highest BCUT2D eigenvalue weighted by atomic mass is 16.5. The summed E-state index contributed by atoms with van der Waals surface area (Å²) in [5.74, 6) is 2.32. The monoisotopic (exact) mass is 482 g/mol. The summed E-state index contributed by atoms with van der Waals surface area (Å²) in [6.07, 6.45) is 5.67. The van der Waals surface area contributed by atoms with Gasteiger partial charge in [-0.2, -0.15) is 0 Å². The fourth-order valence-electron chi connectivity index (χ4n) is 4.15. The third-order valence-electron chi connectivity index (χ3n) is 6.22. The van der Waals surface area contributed by atoms with Crippen LogP contribution in [0.25, 0.3) is 22.3 Å². The highest BCUT2D eigenvalue weighted by molar-refractivity contribution is 5.65. The molecule has 186 valence electrons. The zero-order chi connectivity index (χ0) is 25.2. The zero-order valence-corrected chi connectivity index (χ0v) is 20.8. The van der Waals surface area contributed by atoms with Crippen LogP contribution >= 0.6 is 0 Å². The van der Waals surface area contributed by atoms with E-state index in [2.05, 4.69) is 19.1 Å². The Kier molecular flexibility index (Phi) is 8.87. The van der Waals surface area contributed by atoms with Crippen LogP contribution in [0.3, 0.4) is 0 Å². The van der Waals surface area contributed by atoms with E-state index in [9.17, 15) is 10.2 Å². The Hall–Kier alpha value is -3.92. The first-order valence-corrected chi connectivity index (χ1v) is 12.7. The van der Waals surface area contributed by atoms with Crippen molar-refractivity contribution >= 4 is 0 Å². The van der Waals surface area contributed by atoms with Crippen molar-refractivity contribution in [3.8, 4) is 45.3 Å². The summed E-state index contributed by atoms with van der Waals surface area (Å²) in [4.78, 5) is 0. The molecule has 0 aromatic heterocycles. The topological polar surface area (TPSA) is 58.9 Å². The standard InChI is InChI=1S/C32H34O4/c1-24(36-32-21-13-28(14-22-32)26-9-17-30(34)18-10-26)6-4-2-3-5-23-35-31-19-11-27(12-20-31)25-7-15-29(33)16-8-25/h7-22,24,33-34H,2-6,23H2,1H3. The van der Waals surface area contributed by atoms with Gasteiger partial charge in [0.2, 0.25) is 0 Å². The Bertz CT molecular complexity index is 1180. The predicted molar refractivity (Wildman–Crippen MR) is 146 cm³/mol. The van der Waals surface area contributed by atoms with Gasteiger partial charge in [0.25, 0.3) is 0 Å². The molecule has 2 N–H and O–H groups in total. The largest absolute Gasteiger partial charge is 0.508 e. The second-order valence-corrected chi connectivity index (χ2v) is 9.12. The molecule has 4 nitrogen and oxygen atoms in total. The molecule has 0 bridgehead atoms. The fraction of sp³-hybridized carbons (Fsp3) is 0.250. The van der Waals surface area contributed by atoms with Crippen LogP contribution in [-0.4, -0.2) is 22.9 Å². The molecule has 0 aliphatic rings. The minimum absolute atomic E-state index is 0.174. The Morgan fingerprint density at radius 2 is 0.944 bits per heavy atom. The molecular weight excluding hydrogens is 448 g/mol. The van der Waals surface area contributed by atoms with Gasteiger partial charge in [-0.05, 0) is 97.0 Å². The number of phenolic OH excluding ortho intramolecular Hbond substituents is 2. The SMILES string of the molecule is CC(CCCCCCOc1ccc(-c2ccc(O)cc2)cc1)Oc1ccc(-c2ccc(O)cc2)cc1. The number of aromatic hydroxyl groups is 2. The van der Waals surface area contributed by atoms with Gasteiger partial charge in [-0.15, -0.1) is 0 Å². The Morgan fingerprint density at radius 3 is 1.44 bits per heavy atom. The van der Waals surface area contributed by atoms with Crippen LogP contribution in [0, 0.1) is 0 Å². The molecule has 0 heterocycles. The molecule has 4 rings (SSSR count). The van der Waals surface area contributed by atoms with Gasteiger partial charge in [0.15, 0.2) is 0 Å². The molecule has 1 atom stereocenters. The van der Waals surface area contributed by atoms with Crippen LogP contribution in [0.2, 0.25) is 0 Å². The molecule has 1 unspecified atom stereocenters. The van der Waals surface area contributed by atoms with Crippen LogP contribution in [0.15, 0.2) is 97.1 Å². The van der Waals surface area contributed by atoms with E-state index in [-0.39, 0.29) is 17.6 Å². The Morgan fingerprint density at radius 1 is 0.528 bits per heavy atom. The van der Waals surface area contributed by atoms with Crippen LogP contribution < -0.4 is 9.47 Å². The predicted octanol–water partition coefficient (Wildman–Crippen LogP) is 8.23. The average Bonchev–Trinajstić information content (AvgIpc) is 2.90. The summed E-state index contributed by atoms with van der Waals surface area (Å²) >= 11 is 0. The van der Waals surface area contributed by atoms with Gasteiger partial charge in [0.05, 0.1) is 12.7 Å². The van der Waals surface area contributed by atoms with Gasteiger partial charge in [-0.3, -0.25) is 0 Å². The average molecular weight is 483 g/mol. The van der Waals surface area contributed by atoms with E-state index in [1.165, 1.54) is 0 Å². The first kappa shape index (κ1) is 25.2. The van der Waals surface area contributed by atoms with E-state index in [1.807, 2.05) is 60.7 Å². The van der Waals surface area contributed by atoms with Gasteiger partial charge >= 0.3 is 0 Å². The number of ether oxygens (including phenoxy) is 2. The maximum atomic E-state index is 9.44. The van der Waals surface area contributed by atoms with Crippen molar-refractivity contribution in [3.05, 3.63) is 97.1 Å². The molecule has 4 heteroatoms. The minimum atomic E-state index is 0.174. The molecule has 0 spiro atoms. The highest BCUT2D eigenvalue weighted by Crippen LogP contribution is 2.26. The van der Waals surface area contributed by atoms with Crippen molar-refractivity contribution in [1.29, 1.82) is 0 Å². The van der Waals surface area contributed by atoms with Gasteiger partial charge in [-0.25, -0.2) is 0 Å². The van der Waals surface area contributed by atoms with Crippen LogP contribution in [0.5, 0.6) is 23.0 Å². The second-order valence-electron chi connectivity index (χ2n) is 9.12. The van der Waals surface area contributed by atoms with E-state index in [0.717, 1.165) is 72.5 Å². The van der Waals surface area contributed by atoms with E-state index in [1.54, 1.807) is 24.3 Å². The molecule has 0 fully saturated rings. The van der Waals surface area contributed by atoms with E-state index < -0.39 is 0 Å². The highest BCUT2D eigenvalue weighted by Gasteiger charge is 2.06. The lowest BCUT2D eigenvalue weighted by Gasteiger charge is -2.15. The zero-order valence-electron chi connectivity index (χ0n) is 20.8. The van der Waals surface area contributed by atoms with Crippen molar-refractivity contribution in [2.24, 2.45) is 0 Å². The summed E-state index contributed by atoms with van der Waals surface area (Å²) in [7, 11) is 0. The maximum absolute atomic E-state index is 9.44. The second kappa shape index (κ2) is 12.7. The summed E-state index contributed by atoms with van der Waals surface area (Å²) in [5, 5.41) is 18.9. The number of rotatable bonds is 12. The first-order chi connectivity index (χ1) is 17.6. The van der Waals surface area contributed by atoms with Crippen molar-refractivity contribution < 1.29 is 19.7 Å². The van der Waals surface area contributed by atoms with Crippen LogP contribution in [-0.2, 0) is 0 Å². The van der Waals surface area contributed by atoms with Gasteiger partial charge in [0, 0.05) is 0 Å².